The van der Waals surface area contributed by atoms with Gasteiger partial charge in [-0.25, -0.2) is 4.79 Å². The van der Waals surface area contributed by atoms with Gasteiger partial charge in [-0.05, 0) is 37.5 Å². The molecule has 3 aromatic carbocycles. The number of carbonyl (C=O) groups excluding carboxylic acids is 3. The highest BCUT2D eigenvalue weighted by Gasteiger charge is 2.65. The summed E-state index contributed by atoms with van der Waals surface area (Å²) < 4.78 is 4.28. The Hall–Kier alpha value is -3.62. The highest BCUT2D eigenvalue weighted by Crippen LogP contribution is 2.52. The fourth-order valence-corrected chi connectivity index (χ4v) is 7.19. The lowest BCUT2D eigenvalue weighted by Gasteiger charge is -2.49. The van der Waals surface area contributed by atoms with Gasteiger partial charge < -0.3 is 9.64 Å². The van der Waals surface area contributed by atoms with E-state index in [9.17, 15) is 14.4 Å². The van der Waals surface area contributed by atoms with Crippen molar-refractivity contribution >= 4 is 29.7 Å². The zero-order valence-corrected chi connectivity index (χ0v) is 22.4. The molecule has 5 rings (SSSR count). The molecule has 2 aliphatic heterocycles. The molecule has 0 aromatic heterocycles. The van der Waals surface area contributed by atoms with E-state index in [4.69, 9.17) is 4.74 Å². The summed E-state index contributed by atoms with van der Waals surface area (Å²) in [5, 5.41) is 5.77. The van der Waals surface area contributed by atoms with Crippen molar-refractivity contribution in [1.82, 2.24) is 15.5 Å². The van der Waals surface area contributed by atoms with Gasteiger partial charge in [-0.1, -0.05) is 91.0 Å². The zero-order chi connectivity index (χ0) is 26.9. The van der Waals surface area contributed by atoms with E-state index >= 15 is 0 Å². The number of carbonyl (C=O) groups is 3. The normalized spacial score (nSPS) is 21.8. The van der Waals surface area contributed by atoms with Crippen LogP contribution < -0.4 is 10.6 Å². The quantitative estimate of drug-likeness (QED) is 0.351. The van der Waals surface area contributed by atoms with Crippen molar-refractivity contribution < 1.29 is 19.1 Å². The van der Waals surface area contributed by atoms with Crippen molar-refractivity contribution in [2.24, 2.45) is 0 Å². The Morgan fingerprint density at radius 2 is 1.37 bits per heavy atom. The van der Waals surface area contributed by atoms with Gasteiger partial charge in [0.1, 0.15) is 17.5 Å². The maximum atomic E-state index is 13.8. The van der Waals surface area contributed by atoms with Crippen molar-refractivity contribution in [1.29, 1.82) is 0 Å². The van der Waals surface area contributed by atoms with Crippen LogP contribution in [0.1, 0.15) is 37.5 Å². The summed E-state index contributed by atoms with van der Waals surface area (Å²) >= 11 is 1.56. The average molecular weight is 530 g/mol. The zero-order valence-electron chi connectivity index (χ0n) is 21.6. The van der Waals surface area contributed by atoms with Crippen LogP contribution in [-0.2, 0) is 19.9 Å². The van der Waals surface area contributed by atoms with Crippen LogP contribution in [0.15, 0.2) is 91.0 Å². The van der Waals surface area contributed by atoms with Gasteiger partial charge in [0.25, 0.3) is 5.91 Å². The first-order chi connectivity index (χ1) is 18.3. The van der Waals surface area contributed by atoms with Crippen LogP contribution in [0.4, 0.5) is 4.79 Å². The Balaban J connectivity index is 1.54. The largest absolute Gasteiger partial charge is 0.450 e. The van der Waals surface area contributed by atoms with Crippen LogP contribution >= 0.6 is 11.8 Å². The van der Waals surface area contributed by atoms with E-state index in [2.05, 4.69) is 47.0 Å². The van der Waals surface area contributed by atoms with E-state index in [0.717, 1.165) is 16.7 Å². The van der Waals surface area contributed by atoms with Gasteiger partial charge in [-0.15, -0.1) is 11.8 Å². The van der Waals surface area contributed by atoms with Crippen LogP contribution in [0.2, 0.25) is 0 Å². The standard InChI is InChI=1S/C30H31N3O4S/c1-4-37-28(36)31-25(34)24-29(2,3)38-27-23(26(35)33(24)27)32-30(20-14-8-5-9-15-20,21-16-10-6-11-17-21)22-18-12-7-13-19-22/h5-19,23-24,27,32H,4H2,1-3H3,(H,31,34,36)/t23?,24?,27-/m0/s1. The molecule has 38 heavy (non-hydrogen) atoms. The third kappa shape index (κ3) is 4.37. The molecule has 8 heteroatoms. The molecule has 7 nitrogen and oxygen atoms in total. The van der Waals surface area contributed by atoms with E-state index in [1.54, 1.807) is 23.6 Å². The first-order valence-electron chi connectivity index (χ1n) is 12.7. The van der Waals surface area contributed by atoms with Gasteiger partial charge in [0.2, 0.25) is 5.91 Å². The molecular formula is C30H31N3O4S. The first kappa shape index (κ1) is 26.0. The van der Waals surface area contributed by atoms with Crippen molar-refractivity contribution in [3.63, 3.8) is 0 Å². The second-order valence-corrected chi connectivity index (χ2v) is 11.7. The average Bonchev–Trinajstić information content (AvgIpc) is 3.18. The Bertz CT molecular complexity index is 1220. The van der Waals surface area contributed by atoms with Crippen molar-refractivity contribution in [3.8, 4) is 0 Å². The van der Waals surface area contributed by atoms with Gasteiger partial charge in [-0.2, -0.15) is 0 Å². The van der Waals surface area contributed by atoms with E-state index in [1.165, 1.54) is 0 Å². The van der Waals surface area contributed by atoms with Crippen LogP contribution in [0.25, 0.3) is 0 Å². The van der Waals surface area contributed by atoms with Gasteiger partial charge in [-0.3, -0.25) is 20.2 Å². The molecule has 0 bridgehead atoms. The molecule has 3 aromatic rings. The van der Waals surface area contributed by atoms with Gasteiger partial charge >= 0.3 is 6.09 Å². The number of benzene rings is 3. The summed E-state index contributed by atoms with van der Waals surface area (Å²) in [7, 11) is 0. The lowest BCUT2D eigenvalue weighted by molar-refractivity contribution is -0.154. The van der Waals surface area contributed by atoms with Crippen molar-refractivity contribution in [2.75, 3.05) is 6.61 Å². The maximum Gasteiger partial charge on any atom is 0.413 e. The fraction of sp³-hybridized carbons (Fsp3) is 0.300. The van der Waals surface area contributed by atoms with Crippen molar-refractivity contribution in [2.45, 2.75) is 48.5 Å². The summed E-state index contributed by atoms with van der Waals surface area (Å²) in [5.74, 6) is -0.708. The number of nitrogens with one attached hydrogen (secondary N) is 2. The molecular weight excluding hydrogens is 498 g/mol. The molecule has 2 heterocycles. The third-order valence-corrected chi connectivity index (χ3v) is 8.75. The number of β-lactam (4-membered cyclic amide) rings is 1. The summed E-state index contributed by atoms with van der Waals surface area (Å²) in [5.41, 5.74) is 2.19. The minimum Gasteiger partial charge on any atom is -0.450 e. The monoisotopic (exact) mass is 529 g/mol. The van der Waals surface area contributed by atoms with Gasteiger partial charge in [0.05, 0.1) is 12.1 Å². The molecule has 0 spiro atoms. The number of hydrogen-bond donors (Lipinski definition) is 2. The molecule has 2 saturated heterocycles. The van der Waals surface area contributed by atoms with E-state index in [-0.39, 0.29) is 17.9 Å². The molecule has 0 aliphatic carbocycles. The molecule has 196 valence electrons. The molecule has 3 atom stereocenters. The van der Waals surface area contributed by atoms with E-state index in [1.807, 2.05) is 68.4 Å². The van der Waals surface area contributed by atoms with Crippen LogP contribution in [0, 0.1) is 0 Å². The SMILES string of the molecule is CCOC(=O)NC(=O)C1N2C(=O)C(NC(c3ccccc3)(c3ccccc3)c3ccccc3)[C@@H]2SC1(C)C. The number of nitrogens with zero attached hydrogens (tertiary/aromatic N) is 1. The highest BCUT2D eigenvalue weighted by molar-refractivity contribution is 8.01. The van der Waals surface area contributed by atoms with Gasteiger partial charge in [0.15, 0.2) is 0 Å². The molecule has 0 saturated carbocycles. The number of rotatable bonds is 7. The topological polar surface area (TPSA) is 87.7 Å². The second-order valence-electron chi connectivity index (χ2n) is 9.94. The summed E-state index contributed by atoms with van der Waals surface area (Å²) in [6, 6.07) is 28.9. The van der Waals surface area contributed by atoms with Crippen LogP contribution in [0.3, 0.4) is 0 Å². The number of ether oxygens (including phenoxy) is 1. The Morgan fingerprint density at radius 3 is 1.82 bits per heavy atom. The lowest BCUT2D eigenvalue weighted by Crippen LogP contribution is -2.73. The predicted octanol–water partition coefficient (Wildman–Crippen LogP) is 4.27. The third-order valence-electron chi connectivity index (χ3n) is 7.18. The lowest BCUT2D eigenvalue weighted by atomic mass is 9.76. The summed E-state index contributed by atoms with van der Waals surface area (Å²) in [6.07, 6.45) is -0.805. The van der Waals surface area contributed by atoms with Crippen LogP contribution in [0.5, 0.6) is 0 Å². The molecule has 2 aliphatic rings. The first-order valence-corrected chi connectivity index (χ1v) is 13.6. The fourth-order valence-electron chi connectivity index (χ4n) is 5.55. The Kier molecular flexibility index (Phi) is 7.03. The summed E-state index contributed by atoms with van der Waals surface area (Å²) in [4.78, 5) is 40.4. The Morgan fingerprint density at radius 1 is 0.895 bits per heavy atom. The molecule has 2 unspecified atom stereocenters. The smallest absolute Gasteiger partial charge is 0.413 e. The van der Waals surface area contributed by atoms with Gasteiger partial charge in [0, 0.05) is 4.75 Å². The molecule has 3 amide bonds. The number of alkyl carbamates (subject to hydrolysis) is 1. The summed E-state index contributed by atoms with van der Waals surface area (Å²) in [6.45, 7) is 5.67. The number of thioether (sulfide) groups is 1. The van der Waals surface area contributed by atoms with Crippen molar-refractivity contribution in [3.05, 3.63) is 108 Å². The van der Waals surface area contributed by atoms with E-state index in [0.29, 0.717) is 0 Å². The number of amides is 3. The predicted molar refractivity (Wildman–Crippen MR) is 147 cm³/mol. The van der Waals surface area contributed by atoms with E-state index < -0.39 is 34.4 Å². The minimum atomic E-state index is -0.813. The number of hydrogen-bond acceptors (Lipinski definition) is 6. The number of fused-ring (bicyclic) bond motifs is 1. The minimum absolute atomic E-state index is 0.153. The number of imide groups is 1. The molecule has 0 radical (unpaired) electrons. The second kappa shape index (κ2) is 10.3. The molecule has 2 fully saturated rings. The Labute approximate surface area is 226 Å². The highest BCUT2D eigenvalue weighted by atomic mass is 32.2. The van der Waals surface area contributed by atoms with Crippen LogP contribution in [-0.4, -0.2) is 51.6 Å². The maximum absolute atomic E-state index is 13.8. The molecule has 2 N–H and O–H groups in total.